The summed E-state index contributed by atoms with van der Waals surface area (Å²) >= 11 is 6.02. The first kappa shape index (κ1) is 13.0. The molecule has 0 bridgehead atoms. The van der Waals surface area contributed by atoms with Gasteiger partial charge in [0, 0.05) is 5.02 Å². The van der Waals surface area contributed by atoms with Crippen molar-refractivity contribution < 1.29 is 9.90 Å². The van der Waals surface area contributed by atoms with E-state index in [2.05, 4.69) is 23.5 Å². The number of hydrogen-bond acceptors (Lipinski definition) is 1. The average Bonchev–Trinajstić information content (AvgIpc) is 2.80. The zero-order valence-electron chi connectivity index (χ0n) is 10.8. The number of hydrogen-bond donors (Lipinski definition) is 2. The number of benzene rings is 2. The van der Waals surface area contributed by atoms with Gasteiger partial charge in [-0.15, -0.1) is 0 Å². The Morgan fingerprint density at radius 1 is 1.20 bits per heavy atom. The smallest absolute Gasteiger partial charge is 0.405 e. The van der Waals surface area contributed by atoms with Gasteiger partial charge < -0.3 is 10.4 Å². The molecular weight excluding hydrogens is 274 g/mol. The van der Waals surface area contributed by atoms with E-state index < -0.39 is 6.09 Å². The lowest BCUT2D eigenvalue weighted by atomic mass is 9.99. The molecule has 2 aromatic rings. The summed E-state index contributed by atoms with van der Waals surface area (Å²) in [6.07, 6.45) is 0.757. The van der Waals surface area contributed by atoms with E-state index in [-0.39, 0.29) is 6.04 Å². The molecule has 0 spiro atoms. The number of carbonyl (C=O) groups is 1. The molecule has 0 fully saturated rings. The molecule has 1 aliphatic rings. The molecule has 0 radical (unpaired) electrons. The third-order valence-electron chi connectivity index (χ3n) is 3.68. The maximum atomic E-state index is 10.8. The summed E-state index contributed by atoms with van der Waals surface area (Å²) in [5, 5.41) is 12.2. The van der Waals surface area contributed by atoms with E-state index in [1.165, 1.54) is 5.56 Å². The second-order valence-corrected chi connectivity index (χ2v) is 5.40. The number of fused-ring (bicyclic) bond motifs is 1. The second kappa shape index (κ2) is 5.17. The Hall–Kier alpha value is -2.00. The molecular formula is C16H14ClNO2. The maximum absolute atomic E-state index is 10.8. The van der Waals surface area contributed by atoms with Crippen LogP contribution >= 0.6 is 11.6 Å². The fourth-order valence-electron chi connectivity index (χ4n) is 2.75. The molecule has 2 N–H and O–H groups in total. The summed E-state index contributed by atoms with van der Waals surface area (Å²) in [4.78, 5) is 10.8. The summed E-state index contributed by atoms with van der Waals surface area (Å²) in [5.41, 5.74) is 4.39. The predicted octanol–water partition coefficient (Wildman–Crippen LogP) is 4.26. The first-order valence-corrected chi connectivity index (χ1v) is 6.89. The van der Waals surface area contributed by atoms with Crippen LogP contribution in [0.25, 0.3) is 11.1 Å². The Bertz CT molecular complexity index is 669. The lowest BCUT2D eigenvalue weighted by Crippen LogP contribution is -2.24. The van der Waals surface area contributed by atoms with E-state index in [9.17, 15) is 4.79 Å². The Morgan fingerprint density at radius 2 is 2.00 bits per heavy atom. The van der Waals surface area contributed by atoms with Crippen molar-refractivity contribution in [2.45, 2.75) is 18.9 Å². The second-order valence-electron chi connectivity index (χ2n) is 4.96. The van der Waals surface area contributed by atoms with Crippen molar-refractivity contribution in [3.8, 4) is 11.1 Å². The van der Waals surface area contributed by atoms with Crippen LogP contribution in [0.2, 0.25) is 5.02 Å². The molecule has 0 saturated heterocycles. The normalized spacial score (nSPS) is 16.8. The zero-order valence-corrected chi connectivity index (χ0v) is 11.5. The van der Waals surface area contributed by atoms with Crippen LogP contribution in [-0.2, 0) is 6.42 Å². The first-order chi connectivity index (χ1) is 9.63. The predicted molar refractivity (Wildman–Crippen MR) is 79.1 cm³/mol. The topological polar surface area (TPSA) is 49.3 Å². The quantitative estimate of drug-likeness (QED) is 0.867. The minimum atomic E-state index is -0.976. The Morgan fingerprint density at radius 3 is 2.75 bits per heavy atom. The van der Waals surface area contributed by atoms with Gasteiger partial charge >= 0.3 is 6.09 Å². The third-order valence-corrected chi connectivity index (χ3v) is 3.91. The van der Waals surface area contributed by atoms with Crippen LogP contribution in [0.5, 0.6) is 0 Å². The van der Waals surface area contributed by atoms with Gasteiger partial charge in [-0.3, -0.25) is 0 Å². The van der Waals surface area contributed by atoms with Crippen molar-refractivity contribution in [2.75, 3.05) is 0 Å². The largest absolute Gasteiger partial charge is 0.465 e. The SMILES string of the molecule is O=C(O)NC1CCc2ccc(-c3cccc(Cl)c3)cc21. The molecule has 3 nitrogen and oxygen atoms in total. The summed E-state index contributed by atoms with van der Waals surface area (Å²) in [7, 11) is 0. The van der Waals surface area contributed by atoms with Gasteiger partial charge in [0.1, 0.15) is 0 Å². The molecule has 0 saturated carbocycles. The molecule has 20 heavy (non-hydrogen) atoms. The number of amides is 1. The summed E-state index contributed by atoms with van der Waals surface area (Å²) in [5.74, 6) is 0. The van der Waals surface area contributed by atoms with Gasteiger partial charge in [-0.25, -0.2) is 4.79 Å². The number of rotatable bonds is 2. The van der Waals surface area contributed by atoms with Gasteiger partial charge in [0.15, 0.2) is 0 Å². The summed E-state index contributed by atoms with van der Waals surface area (Å²) < 4.78 is 0. The highest BCUT2D eigenvalue weighted by Crippen LogP contribution is 2.34. The van der Waals surface area contributed by atoms with Crippen LogP contribution in [0.15, 0.2) is 42.5 Å². The molecule has 1 atom stereocenters. The van der Waals surface area contributed by atoms with Gasteiger partial charge in [-0.1, -0.05) is 35.9 Å². The minimum Gasteiger partial charge on any atom is -0.465 e. The molecule has 3 rings (SSSR count). The maximum Gasteiger partial charge on any atom is 0.405 e. The fourth-order valence-corrected chi connectivity index (χ4v) is 2.94. The van der Waals surface area contributed by atoms with Gasteiger partial charge in [0.05, 0.1) is 6.04 Å². The number of halogens is 1. The summed E-state index contributed by atoms with van der Waals surface area (Å²) in [6, 6.07) is 13.8. The highest BCUT2D eigenvalue weighted by Gasteiger charge is 2.24. The molecule has 4 heteroatoms. The average molecular weight is 288 g/mol. The van der Waals surface area contributed by atoms with Crippen molar-refractivity contribution in [1.82, 2.24) is 5.32 Å². The van der Waals surface area contributed by atoms with Crippen molar-refractivity contribution >= 4 is 17.7 Å². The zero-order chi connectivity index (χ0) is 14.1. The number of aryl methyl sites for hydroxylation is 1. The molecule has 102 valence electrons. The van der Waals surface area contributed by atoms with Crippen LogP contribution < -0.4 is 5.32 Å². The van der Waals surface area contributed by atoms with E-state index in [1.54, 1.807) is 0 Å². The van der Waals surface area contributed by atoms with E-state index in [1.807, 2.05) is 24.3 Å². The van der Waals surface area contributed by atoms with Crippen molar-refractivity contribution in [3.05, 3.63) is 58.6 Å². The van der Waals surface area contributed by atoms with E-state index in [0.29, 0.717) is 5.02 Å². The Kier molecular flexibility index (Phi) is 3.36. The number of nitrogens with one attached hydrogen (secondary N) is 1. The minimum absolute atomic E-state index is 0.110. The monoisotopic (exact) mass is 287 g/mol. The lowest BCUT2D eigenvalue weighted by Gasteiger charge is -2.13. The van der Waals surface area contributed by atoms with Gasteiger partial charge in [0.25, 0.3) is 0 Å². The number of carboxylic acid groups (broad SMARTS) is 1. The molecule has 2 aromatic carbocycles. The highest BCUT2D eigenvalue weighted by atomic mass is 35.5. The first-order valence-electron chi connectivity index (χ1n) is 6.52. The van der Waals surface area contributed by atoms with Crippen LogP contribution in [0.4, 0.5) is 4.79 Å². The third kappa shape index (κ3) is 2.49. The van der Waals surface area contributed by atoms with E-state index in [0.717, 1.165) is 29.5 Å². The van der Waals surface area contributed by atoms with Crippen LogP contribution in [0, 0.1) is 0 Å². The van der Waals surface area contributed by atoms with Crippen molar-refractivity contribution in [1.29, 1.82) is 0 Å². The standard InChI is InChI=1S/C16H14ClNO2/c17-13-3-1-2-11(8-13)12-5-4-10-6-7-15(14(10)9-12)18-16(19)20/h1-5,8-9,15,18H,6-7H2,(H,19,20). The van der Waals surface area contributed by atoms with E-state index in [4.69, 9.17) is 16.7 Å². The van der Waals surface area contributed by atoms with Gasteiger partial charge in [0.2, 0.25) is 0 Å². The molecule has 0 aliphatic heterocycles. The van der Waals surface area contributed by atoms with E-state index >= 15 is 0 Å². The van der Waals surface area contributed by atoms with Crippen molar-refractivity contribution in [2.24, 2.45) is 0 Å². The van der Waals surface area contributed by atoms with Crippen LogP contribution in [0.1, 0.15) is 23.6 Å². The lowest BCUT2D eigenvalue weighted by molar-refractivity contribution is 0.190. The van der Waals surface area contributed by atoms with Crippen LogP contribution in [-0.4, -0.2) is 11.2 Å². The molecule has 1 aliphatic carbocycles. The summed E-state index contributed by atoms with van der Waals surface area (Å²) in [6.45, 7) is 0. The molecule has 1 unspecified atom stereocenters. The Balaban J connectivity index is 1.98. The van der Waals surface area contributed by atoms with Crippen molar-refractivity contribution in [3.63, 3.8) is 0 Å². The molecule has 1 amide bonds. The highest BCUT2D eigenvalue weighted by molar-refractivity contribution is 6.30. The fraction of sp³-hybridized carbons (Fsp3) is 0.188. The molecule has 0 aromatic heterocycles. The van der Waals surface area contributed by atoms with Gasteiger partial charge in [-0.05, 0) is 53.3 Å². The molecule has 0 heterocycles. The Labute approximate surface area is 122 Å². The van der Waals surface area contributed by atoms with Gasteiger partial charge in [-0.2, -0.15) is 0 Å². The van der Waals surface area contributed by atoms with Crippen LogP contribution in [0.3, 0.4) is 0 Å².